The summed E-state index contributed by atoms with van der Waals surface area (Å²) in [6.45, 7) is 2.87. The Morgan fingerprint density at radius 2 is 1.38 bits per heavy atom. The summed E-state index contributed by atoms with van der Waals surface area (Å²) in [7, 11) is 0. The van der Waals surface area contributed by atoms with Crippen LogP contribution in [0.4, 0.5) is 0 Å². The van der Waals surface area contributed by atoms with Gasteiger partial charge in [-0.3, -0.25) is 14.4 Å². The average Bonchev–Trinajstić information content (AvgIpc) is 2.99. The van der Waals surface area contributed by atoms with Gasteiger partial charge in [0.2, 0.25) is 12.0 Å². The van der Waals surface area contributed by atoms with E-state index in [-0.39, 0.29) is 24.2 Å². The van der Waals surface area contributed by atoms with E-state index in [2.05, 4.69) is 10.6 Å². The highest BCUT2D eigenvalue weighted by Crippen LogP contribution is 2.20. The van der Waals surface area contributed by atoms with Gasteiger partial charge in [-0.05, 0) is 43.5 Å². The number of hydrogen-bond acceptors (Lipinski definition) is 8. The maximum atomic E-state index is 13.7. The molecule has 1 fully saturated rings. The summed E-state index contributed by atoms with van der Waals surface area (Å²) in [6.07, 6.45) is -3.85. The van der Waals surface area contributed by atoms with Crippen molar-refractivity contribution in [2.75, 3.05) is 0 Å². The number of carbonyl (C=O) groups is 4. The second-order valence-corrected chi connectivity index (χ2v) is 10.3. The molecule has 1 saturated heterocycles. The molecule has 0 saturated carbocycles. The van der Waals surface area contributed by atoms with Crippen molar-refractivity contribution in [1.29, 1.82) is 0 Å². The summed E-state index contributed by atoms with van der Waals surface area (Å²) < 4.78 is 11.2. The Morgan fingerprint density at radius 3 is 2.00 bits per heavy atom. The van der Waals surface area contributed by atoms with Crippen LogP contribution < -0.4 is 10.6 Å². The molecule has 10 heteroatoms. The first-order valence-electron chi connectivity index (χ1n) is 13.7. The zero-order valence-corrected chi connectivity index (χ0v) is 23.3. The Hall–Kier alpha value is -4.70. The summed E-state index contributed by atoms with van der Waals surface area (Å²) in [5.41, 5.74) is 1.40. The van der Waals surface area contributed by atoms with Crippen molar-refractivity contribution in [3.63, 3.8) is 0 Å². The van der Waals surface area contributed by atoms with Crippen molar-refractivity contribution >= 4 is 23.8 Å². The summed E-state index contributed by atoms with van der Waals surface area (Å²) in [5.74, 6) is -4.70. The minimum atomic E-state index is -1.42. The summed E-state index contributed by atoms with van der Waals surface area (Å²) in [4.78, 5) is 53.3. The first-order valence-corrected chi connectivity index (χ1v) is 13.7. The highest BCUT2D eigenvalue weighted by molar-refractivity contribution is 6.00. The Balaban J connectivity index is 1.69. The molecule has 2 amide bonds. The molecule has 1 aliphatic heterocycles. The van der Waals surface area contributed by atoms with Crippen LogP contribution in [0.2, 0.25) is 0 Å². The molecule has 0 radical (unpaired) electrons. The van der Waals surface area contributed by atoms with Crippen LogP contribution in [0.3, 0.4) is 0 Å². The van der Waals surface area contributed by atoms with Gasteiger partial charge >= 0.3 is 11.9 Å². The van der Waals surface area contributed by atoms with Crippen molar-refractivity contribution in [3.8, 4) is 5.75 Å². The van der Waals surface area contributed by atoms with Crippen LogP contribution in [0.1, 0.15) is 35.3 Å². The van der Waals surface area contributed by atoms with Crippen LogP contribution in [0.25, 0.3) is 0 Å². The van der Waals surface area contributed by atoms with Crippen molar-refractivity contribution < 1.29 is 38.9 Å². The van der Waals surface area contributed by atoms with Gasteiger partial charge in [0.25, 0.3) is 5.91 Å². The number of amides is 2. The van der Waals surface area contributed by atoms with E-state index in [9.17, 15) is 29.4 Å². The van der Waals surface area contributed by atoms with Crippen molar-refractivity contribution in [2.45, 2.75) is 57.1 Å². The molecule has 6 atom stereocenters. The van der Waals surface area contributed by atoms with Gasteiger partial charge in [-0.25, -0.2) is 4.79 Å². The number of aromatic hydroxyl groups is 1. The molecule has 3 aromatic carbocycles. The molecule has 42 heavy (non-hydrogen) atoms. The average molecular weight is 575 g/mol. The minimum Gasteiger partial charge on any atom is -0.507 e. The number of benzene rings is 3. The van der Waals surface area contributed by atoms with E-state index in [4.69, 9.17) is 9.47 Å². The molecule has 0 aliphatic carbocycles. The summed E-state index contributed by atoms with van der Waals surface area (Å²) >= 11 is 0. The lowest BCUT2D eigenvalue weighted by Crippen LogP contribution is -2.59. The van der Waals surface area contributed by atoms with Gasteiger partial charge in [0.1, 0.15) is 17.9 Å². The third kappa shape index (κ3) is 7.52. The first-order chi connectivity index (χ1) is 20.1. The molecular formula is C32H34N2O8. The van der Waals surface area contributed by atoms with Crippen LogP contribution in [0, 0.1) is 5.92 Å². The maximum absolute atomic E-state index is 13.7. The van der Waals surface area contributed by atoms with Crippen LogP contribution in [-0.4, -0.2) is 64.4 Å². The van der Waals surface area contributed by atoms with Gasteiger partial charge < -0.3 is 30.3 Å². The molecule has 4 rings (SSSR count). The van der Waals surface area contributed by atoms with E-state index in [0.29, 0.717) is 5.56 Å². The lowest BCUT2D eigenvalue weighted by atomic mass is 9.92. The SMILES string of the molecule is CC1OC(=O)C(Cc2ccccc2)OC(=O)C(C)C(O)C(Cc2ccccc2)NC(=O)C1NC(=O)c1ccccc1O. The quantitative estimate of drug-likeness (QED) is 0.328. The molecule has 1 heterocycles. The van der Waals surface area contributed by atoms with Crippen LogP contribution in [-0.2, 0) is 36.7 Å². The Labute approximate surface area is 243 Å². The largest absolute Gasteiger partial charge is 0.507 e. The fourth-order valence-corrected chi connectivity index (χ4v) is 4.74. The van der Waals surface area contributed by atoms with Gasteiger partial charge in [-0.1, -0.05) is 72.8 Å². The first kappa shape index (κ1) is 30.3. The van der Waals surface area contributed by atoms with Crippen LogP contribution in [0.15, 0.2) is 84.9 Å². The monoisotopic (exact) mass is 574 g/mol. The van der Waals surface area contributed by atoms with E-state index in [1.807, 2.05) is 30.3 Å². The number of ether oxygens (including phenoxy) is 2. The van der Waals surface area contributed by atoms with Gasteiger partial charge in [-0.15, -0.1) is 0 Å². The van der Waals surface area contributed by atoms with E-state index < -0.39 is 60.1 Å². The van der Waals surface area contributed by atoms with Gasteiger partial charge in [0.05, 0.1) is 23.6 Å². The number of rotatable bonds is 6. The number of carbonyl (C=O) groups excluding carboxylic acids is 4. The van der Waals surface area contributed by atoms with Crippen molar-refractivity contribution in [3.05, 3.63) is 102 Å². The molecule has 220 valence electrons. The van der Waals surface area contributed by atoms with Crippen LogP contribution in [0.5, 0.6) is 5.75 Å². The Morgan fingerprint density at radius 1 is 0.810 bits per heavy atom. The van der Waals surface area contributed by atoms with Crippen molar-refractivity contribution in [1.82, 2.24) is 10.6 Å². The lowest BCUT2D eigenvalue weighted by Gasteiger charge is -2.33. The Bertz CT molecular complexity index is 1400. The molecule has 0 spiro atoms. The number of phenols is 1. The third-order valence-corrected chi connectivity index (χ3v) is 7.20. The number of aliphatic hydroxyl groups excluding tert-OH is 1. The topological polar surface area (TPSA) is 151 Å². The molecule has 4 N–H and O–H groups in total. The molecule has 10 nitrogen and oxygen atoms in total. The van der Waals surface area contributed by atoms with E-state index in [1.165, 1.54) is 26.0 Å². The number of cyclic esters (lactones) is 2. The second kappa shape index (κ2) is 13.8. The number of nitrogens with one attached hydrogen (secondary N) is 2. The number of aliphatic hydroxyl groups is 1. The fourth-order valence-electron chi connectivity index (χ4n) is 4.74. The third-order valence-electron chi connectivity index (χ3n) is 7.20. The second-order valence-electron chi connectivity index (χ2n) is 10.3. The van der Waals surface area contributed by atoms with Gasteiger partial charge in [0.15, 0.2) is 0 Å². The predicted molar refractivity (Wildman–Crippen MR) is 152 cm³/mol. The highest BCUT2D eigenvalue weighted by Gasteiger charge is 2.40. The molecule has 1 aliphatic rings. The van der Waals surface area contributed by atoms with Gasteiger partial charge in [0, 0.05) is 6.42 Å². The number of para-hydroxylation sites is 1. The van der Waals surface area contributed by atoms with E-state index in [1.54, 1.807) is 42.5 Å². The highest BCUT2D eigenvalue weighted by atomic mass is 16.6. The maximum Gasteiger partial charge on any atom is 0.348 e. The zero-order chi connectivity index (χ0) is 30.2. The van der Waals surface area contributed by atoms with E-state index in [0.717, 1.165) is 5.56 Å². The molecular weight excluding hydrogens is 540 g/mol. The fraction of sp³-hybridized carbons (Fsp3) is 0.312. The number of esters is 2. The number of hydrogen-bond donors (Lipinski definition) is 4. The minimum absolute atomic E-state index is 0.00446. The summed E-state index contributed by atoms with van der Waals surface area (Å²) in [6, 6.07) is 21.4. The van der Waals surface area contributed by atoms with E-state index >= 15 is 0 Å². The molecule has 0 bridgehead atoms. The Kier molecular flexibility index (Phi) is 9.93. The summed E-state index contributed by atoms with van der Waals surface area (Å²) in [5, 5.41) is 26.8. The lowest BCUT2D eigenvalue weighted by molar-refractivity contribution is -0.177. The zero-order valence-electron chi connectivity index (χ0n) is 23.3. The predicted octanol–water partition coefficient (Wildman–Crippen LogP) is 2.31. The van der Waals surface area contributed by atoms with Crippen molar-refractivity contribution in [2.24, 2.45) is 5.92 Å². The standard InChI is InChI=1S/C32H34N2O8/c1-19-28(36)24(17-21-11-5-3-6-12-21)33-30(38)27(34-29(37)23-15-9-10-16-25(23)35)20(2)41-32(40)26(42-31(19)39)18-22-13-7-4-8-14-22/h3-16,19-20,24,26-28,35-36H,17-18H2,1-2H3,(H,33,38)(H,34,37). The van der Waals surface area contributed by atoms with Gasteiger partial charge in [-0.2, -0.15) is 0 Å². The van der Waals surface area contributed by atoms with Crippen LogP contribution >= 0.6 is 0 Å². The molecule has 0 aromatic heterocycles. The smallest absolute Gasteiger partial charge is 0.348 e. The normalized spacial score (nSPS) is 25.2. The molecule has 6 unspecified atom stereocenters. The number of phenolic OH excluding ortho intramolecular Hbond substituents is 1. The molecule has 3 aromatic rings.